The van der Waals surface area contributed by atoms with Crippen molar-refractivity contribution in [2.75, 3.05) is 5.32 Å². The first-order valence-electron chi connectivity index (χ1n) is 5.03. The lowest BCUT2D eigenvalue weighted by Crippen LogP contribution is -2.12. The third kappa shape index (κ3) is 2.78. The molecule has 1 aromatic heterocycles. The van der Waals surface area contributed by atoms with Gasteiger partial charge in [-0.15, -0.1) is 0 Å². The number of nitrogens with one attached hydrogen (secondary N) is 1. The predicted octanol–water partition coefficient (Wildman–Crippen LogP) is 2.74. The van der Waals surface area contributed by atoms with Crippen LogP contribution >= 0.6 is 12.2 Å². The SMILES string of the molecule is NC(=S)c1ccncc1Nc1cc(F)cc(F)c1. The molecule has 0 amide bonds. The van der Waals surface area contributed by atoms with Crippen LogP contribution in [0, 0.1) is 11.6 Å². The zero-order valence-electron chi connectivity index (χ0n) is 9.15. The normalized spacial score (nSPS) is 10.1. The molecule has 0 unspecified atom stereocenters. The summed E-state index contributed by atoms with van der Waals surface area (Å²) in [6.07, 6.45) is 3.02. The monoisotopic (exact) mass is 265 g/mol. The van der Waals surface area contributed by atoms with Crippen molar-refractivity contribution in [1.29, 1.82) is 0 Å². The molecule has 3 nitrogen and oxygen atoms in total. The molecule has 0 bridgehead atoms. The van der Waals surface area contributed by atoms with Crippen LogP contribution in [0.25, 0.3) is 0 Å². The lowest BCUT2D eigenvalue weighted by molar-refractivity contribution is 0.584. The second-order valence-corrected chi connectivity index (χ2v) is 4.01. The fourth-order valence-electron chi connectivity index (χ4n) is 1.49. The highest BCUT2D eigenvalue weighted by Gasteiger charge is 2.06. The minimum absolute atomic E-state index is 0.178. The molecule has 1 heterocycles. The molecule has 0 aliphatic carbocycles. The number of pyridine rings is 1. The molecule has 92 valence electrons. The number of hydrogen-bond acceptors (Lipinski definition) is 3. The van der Waals surface area contributed by atoms with Crippen LogP contribution in [0.3, 0.4) is 0 Å². The number of hydrogen-bond donors (Lipinski definition) is 2. The van der Waals surface area contributed by atoms with Gasteiger partial charge in [-0.3, -0.25) is 4.98 Å². The Bertz CT molecular complexity index is 581. The standard InChI is InChI=1S/C12H9F2N3S/c13-7-3-8(14)5-9(4-7)17-11-6-16-2-1-10(11)12(15)18/h1-6,17H,(H2,15,18). The zero-order valence-corrected chi connectivity index (χ0v) is 9.97. The van der Waals surface area contributed by atoms with Gasteiger partial charge in [-0.25, -0.2) is 8.78 Å². The van der Waals surface area contributed by atoms with Crippen molar-refractivity contribution in [2.45, 2.75) is 0 Å². The summed E-state index contributed by atoms with van der Waals surface area (Å²) in [6, 6.07) is 4.75. The van der Waals surface area contributed by atoms with Crippen molar-refractivity contribution >= 4 is 28.6 Å². The highest BCUT2D eigenvalue weighted by Crippen LogP contribution is 2.21. The number of nitrogens with two attached hydrogens (primary N) is 1. The maximum absolute atomic E-state index is 13.0. The number of anilines is 2. The number of benzene rings is 1. The van der Waals surface area contributed by atoms with Crippen molar-refractivity contribution < 1.29 is 8.78 Å². The topological polar surface area (TPSA) is 50.9 Å². The molecule has 2 rings (SSSR count). The van der Waals surface area contributed by atoms with Gasteiger partial charge in [0, 0.05) is 23.5 Å². The minimum atomic E-state index is -0.668. The fourth-order valence-corrected chi connectivity index (χ4v) is 1.67. The molecule has 0 radical (unpaired) electrons. The summed E-state index contributed by atoms with van der Waals surface area (Å²) in [7, 11) is 0. The average Bonchev–Trinajstić information content (AvgIpc) is 2.27. The Morgan fingerprint density at radius 1 is 1.22 bits per heavy atom. The van der Waals surface area contributed by atoms with E-state index >= 15 is 0 Å². The van der Waals surface area contributed by atoms with Crippen LogP contribution in [-0.4, -0.2) is 9.97 Å². The van der Waals surface area contributed by atoms with E-state index in [1.165, 1.54) is 24.5 Å². The first kappa shape index (κ1) is 12.4. The second-order valence-electron chi connectivity index (χ2n) is 3.57. The van der Waals surface area contributed by atoms with Crippen LogP contribution in [0.5, 0.6) is 0 Å². The van der Waals surface area contributed by atoms with Crippen molar-refractivity contribution in [1.82, 2.24) is 4.98 Å². The summed E-state index contributed by atoms with van der Waals surface area (Å²) in [5.41, 5.74) is 6.86. The summed E-state index contributed by atoms with van der Waals surface area (Å²) in [6.45, 7) is 0. The summed E-state index contributed by atoms with van der Waals surface area (Å²) >= 11 is 4.88. The van der Waals surface area contributed by atoms with Gasteiger partial charge in [-0.05, 0) is 18.2 Å². The van der Waals surface area contributed by atoms with E-state index in [-0.39, 0.29) is 10.7 Å². The van der Waals surface area contributed by atoms with Crippen molar-refractivity contribution in [2.24, 2.45) is 5.73 Å². The smallest absolute Gasteiger partial charge is 0.128 e. The number of rotatable bonds is 3. The van der Waals surface area contributed by atoms with Gasteiger partial charge in [0.15, 0.2) is 0 Å². The Labute approximate surface area is 108 Å². The molecular formula is C12H9F2N3S. The Kier molecular flexibility index (Phi) is 3.47. The van der Waals surface area contributed by atoms with Gasteiger partial charge >= 0.3 is 0 Å². The molecule has 0 atom stereocenters. The summed E-state index contributed by atoms with van der Waals surface area (Å²) < 4.78 is 26.1. The Morgan fingerprint density at radius 3 is 2.50 bits per heavy atom. The average molecular weight is 265 g/mol. The molecule has 0 saturated heterocycles. The summed E-state index contributed by atoms with van der Waals surface area (Å²) in [5, 5.41) is 2.83. The molecule has 6 heteroatoms. The second kappa shape index (κ2) is 5.05. The highest BCUT2D eigenvalue weighted by atomic mass is 32.1. The van der Waals surface area contributed by atoms with Gasteiger partial charge in [0.2, 0.25) is 0 Å². The Balaban J connectivity index is 2.37. The van der Waals surface area contributed by atoms with E-state index in [1.807, 2.05) is 0 Å². The van der Waals surface area contributed by atoms with E-state index < -0.39 is 11.6 Å². The third-order valence-corrected chi connectivity index (χ3v) is 2.45. The summed E-state index contributed by atoms with van der Waals surface area (Å²) in [4.78, 5) is 4.08. The van der Waals surface area contributed by atoms with Gasteiger partial charge in [0.05, 0.1) is 11.9 Å². The van der Waals surface area contributed by atoms with Gasteiger partial charge < -0.3 is 11.1 Å². The first-order chi connectivity index (χ1) is 8.56. The molecule has 0 spiro atoms. The molecule has 0 fully saturated rings. The van der Waals surface area contributed by atoms with Crippen LogP contribution in [0.15, 0.2) is 36.7 Å². The van der Waals surface area contributed by atoms with Crippen LogP contribution in [-0.2, 0) is 0 Å². The number of aromatic nitrogens is 1. The van der Waals surface area contributed by atoms with Crippen LogP contribution < -0.4 is 11.1 Å². The predicted molar refractivity (Wildman–Crippen MR) is 69.8 cm³/mol. The minimum Gasteiger partial charge on any atom is -0.389 e. The molecule has 0 aliphatic heterocycles. The van der Waals surface area contributed by atoms with Crippen molar-refractivity contribution in [3.63, 3.8) is 0 Å². The molecule has 1 aromatic carbocycles. The molecule has 0 aliphatic rings. The zero-order chi connectivity index (χ0) is 13.1. The number of thiocarbonyl (C=S) groups is 1. The lowest BCUT2D eigenvalue weighted by Gasteiger charge is -2.10. The Morgan fingerprint density at radius 2 is 1.89 bits per heavy atom. The maximum atomic E-state index is 13.0. The van der Waals surface area contributed by atoms with Crippen LogP contribution in [0.2, 0.25) is 0 Å². The van der Waals surface area contributed by atoms with Gasteiger partial charge in [0.1, 0.15) is 16.6 Å². The van der Waals surface area contributed by atoms with E-state index in [2.05, 4.69) is 10.3 Å². The van der Waals surface area contributed by atoms with E-state index in [0.29, 0.717) is 11.3 Å². The van der Waals surface area contributed by atoms with Crippen LogP contribution in [0.4, 0.5) is 20.2 Å². The molecule has 0 saturated carbocycles. The molecule has 18 heavy (non-hydrogen) atoms. The Hall–Kier alpha value is -2.08. The number of halogens is 2. The largest absolute Gasteiger partial charge is 0.389 e. The maximum Gasteiger partial charge on any atom is 0.128 e. The van der Waals surface area contributed by atoms with E-state index in [9.17, 15) is 8.78 Å². The molecular weight excluding hydrogens is 256 g/mol. The van der Waals surface area contributed by atoms with Crippen molar-refractivity contribution in [3.05, 3.63) is 53.9 Å². The van der Waals surface area contributed by atoms with Gasteiger partial charge in [-0.1, -0.05) is 12.2 Å². The quantitative estimate of drug-likeness (QED) is 0.838. The molecule has 2 aromatic rings. The fraction of sp³-hybridized carbons (Fsp3) is 0. The van der Waals surface area contributed by atoms with E-state index in [1.54, 1.807) is 6.07 Å². The lowest BCUT2D eigenvalue weighted by atomic mass is 10.2. The third-order valence-electron chi connectivity index (χ3n) is 2.23. The molecule has 3 N–H and O–H groups in total. The van der Waals surface area contributed by atoms with Crippen LogP contribution in [0.1, 0.15) is 5.56 Å². The first-order valence-corrected chi connectivity index (χ1v) is 5.44. The summed E-state index contributed by atoms with van der Waals surface area (Å²) in [5.74, 6) is -1.34. The van der Waals surface area contributed by atoms with Crippen molar-refractivity contribution in [3.8, 4) is 0 Å². The number of nitrogens with zero attached hydrogens (tertiary/aromatic N) is 1. The van der Waals surface area contributed by atoms with E-state index in [4.69, 9.17) is 18.0 Å². The highest BCUT2D eigenvalue weighted by molar-refractivity contribution is 7.80. The van der Waals surface area contributed by atoms with Gasteiger partial charge in [-0.2, -0.15) is 0 Å². The van der Waals surface area contributed by atoms with E-state index in [0.717, 1.165) is 6.07 Å². The van der Waals surface area contributed by atoms with Gasteiger partial charge in [0.25, 0.3) is 0 Å².